The highest BCUT2D eigenvalue weighted by atomic mass is 32.2. The minimum Gasteiger partial charge on any atom is -0.322 e. The van der Waals surface area contributed by atoms with Gasteiger partial charge in [0.25, 0.3) is 5.91 Å². The number of halogens is 3. The van der Waals surface area contributed by atoms with E-state index in [0.717, 1.165) is 6.42 Å². The van der Waals surface area contributed by atoms with Crippen LogP contribution in [0.5, 0.6) is 0 Å². The van der Waals surface area contributed by atoms with Gasteiger partial charge in [-0.2, -0.15) is 13.2 Å². The first kappa shape index (κ1) is 13.7. The van der Waals surface area contributed by atoms with Gasteiger partial charge in [0.05, 0.1) is 0 Å². The Balaban J connectivity index is 2.01. The van der Waals surface area contributed by atoms with Gasteiger partial charge in [-0.25, -0.2) is 0 Å². The Morgan fingerprint density at radius 2 is 1.89 bits per heavy atom. The number of nitrogens with one attached hydrogen (secondary N) is 1. The fraction of sp³-hybridized carbons (Fsp3) is 0.154. The largest absolute Gasteiger partial charge is 0.446 e. The predicted octanol–water partition coefficient (Wildman–Crippen LogP) is 3.87. The molecule has 0 fully saturated rings. The summed E-state index contributed by atoms with van der Waals surface area (Å²) < 4.78 is 36.4. The highest BCUT2D eigenvalue weighted by molar-refractivity contribution is 8.00. The zero-order chi connectivity index (χ0) is 13.9. The molecule has 1 N–H and O–H groups in total. The minimum absolute atomic E-state index is 0.0593. The summed E-state index contributed by atoms with van der Waals surface area (Å²) in [5, 5.41) is 2.67. The average Bonchev–Trinajstić information content (AvgIpc) is 2.80. The number of hydrogen-bond acceptors (Lipinski definition) is 2. The molecule has 2 nitrogen and oxygen atoms in total. The summed E-state index contributed by atoms with van der Waals surface area (Å²) in [4.78, 5) is 11.8. The molecule has 1 aromatic rings. The van der Waals surface area contributed by atoms with Crippen LogP contribution < -0.4 is 5.32 Å². The SMILES string of the molecule is O=C(NC1=CCC=C1)c1ccc(SC(F)(F)F)cc1. The number of hydrogen-bond donors (Lipinski definition) is 1. The van der Waals surface area contributed by atoms with Gasteiger partial charge in [0.2, 0.25) is 0 Å². The third-order valence-corrected chi connectivity index (χ3v) is 3.12. The molecular weight excluding hydrogens is 275 g/mol. The summed E-state index contributed by atoms with van der Waals surface area (Å²) in [7, 11) is 0. The van der Waals surface area contributed by atoms with Crippen molar-refractivity contribution >= 4 is 17.7 Å². The van der Waals surface area contributed by atoms with Crippen molar-refractivity contribution in [3.05, 3.63) is 53.8 Å². The van der Waals surface area contributed by atoms with Crippen molar-refractivity contribution in [1.29, 1.82) is 0 Å². The monoisotopic (exact) mass is 285 g/mol. The Labute approximate surface area is 112 Å². The molecule has 0 radical (unpaired) electrons. The van der Waals surface area contributed by atoms with Gasteiger partial charge in [0.15, 0.2) is 0 Å². The number of alkyl halides is 3. The molecule has 1 aromatic carbocycles. The second-order valence-corrected chi connectivity index (χ2v) is 4.96. The molecule has 0 saturated heterocycles. The van der Waals surface area contributed by atoms with E-state index in [1.807, 2.05) is 12.2 Å². The summed E-state index contributed by atoms with van der Waals surface area (Å²) in [6, 6.07) is 5.32. The second kappa shape index (κ2) is 5.52. The third kappa shape index (κ3) is 4.17. The summed E-state index contributed by atoms with van der Waals surface area (Å²) >= 11 is -0.200. The van der Waals surface area contributed by atoms with E-state index in [-0.39, 0.29) is 22.6 Å². The van der Waals surface area contributed by atoms with Crippen molar-refractivity contribution in [2.45, 2.75) is 16.8 Å². The van der Waals surface area contributed by atoms with Crippen molar-refractivity contribution < 1.29 is 18.0 Å². The van der Waals surface area contributed by atoms with E-state index < -0.39 is 5.51 Å². The first-order chi connectivity index (χ1) is 8.94. The van der Waals surface area contributed by atoms with E-state index in [4.69, 9.17) is 0 Å². The van der Waals surface area contributed by atoms with Crippen LogP contribution in [0.2, 0.25) is 0 Å². The van der Waals surface area contributed by atoms with Crippen molar-refractivity contribution in [3.63, 3.8) is 0 Å². The van der Waals surface area contributed by atoms with Crippen LogP contribution in [-0.2, 0) is 0 Å². The molecule has 0 spiro atoms. The van der Waals surface area contributed by atoms with Crippen LogP contribution in [0.25, 0.3) is 0 Å². The molecule has 1 aliphatic carbocycles. The topological polar surface area (TPSA) is 29.1 Å². The Hall–Kier alpha value is -1.69. The second-order valence-electron chi connectivity index (χ2n) is 3.82. The third-order valence-electron chi connectivity index (χ3n) is 2.38. The van der Waals surface area contributed by atoms with E-state index in [1.165, 1.54) is 24.3 Å². The van der Waals surface area contributed by atoms with Crippen LogP contribution in [0.1, 0.15) is 16.8 Å². The standard InChI is InChI=1S/C13H10F3NOS/c14-13(15,16)19-11-7-5-9(6-8-11)12(18)17-10-3-1-2-4-10/h1,3-8H,2H2,(H,17,18). The lowest BCUT2D eigenvalue weighted by atomic mass is 10.2. The number of amides is 1. The Kier molecular flexibility index (Phi) is 3.99. The van der Waals surface area contributed by atoms with Gasteiger partial charge < -0.3 is 5.32 Å². The molecule has 0 aromatic heterocycles. The summed E-state index contributed by atoms with van der Waals surface area (Å²) in [5.41, 5.74) is -3.28. The first-order valence-corrected chi connectivity index (χ1v) is 6.29. The molecule has 2 rings (SSSR count). The van der Waals surface area contributed by atoms with Crippen molar-refractivity contribution in [3.8, 4) is 0 Å². The highest BCUT2D eigenvalue weighted by Crippen LogP contribution is 2.36. The van der Waals surface area contributed by atoms with Crippen LogP contribution in [-0.4, -0.2) is 11.4 Å². The van der Waals surface area contributed by atoms with Gasteiger partial charge >= 0.3 is 5.51 Å². The highest BCUT2D eigenvalue weighted by Gasteiger charge is 2.29. The number of carbonyl (C=O) groups excluding carboxylic acids is 1. The van der Waals surface area contributed by atoms with Crippen LogP contribution in [0.3, 0.4) is 0 Å². The van der Waals surface area contributed by atoms with Crippen molar-refractivity contribution in [2.75, 3.05) is 0 Å². The normalized spacial score (nSPS) is 14.4. The number of thioether (sulfide) groups is 1. The molecule has 19 heavy (non-hydrogen) atoms. The Bertz CT molecular complexity index is 532. The van der Waals surface area contributed by atoms with Gasteiger partial charge in [-0.1, -0.05) is 12.2 Å². The molecule has 0 bridgehead atoms. The summed E-state index contributed by atoms with van der Waals surface area (Å²) in [6.45, 7) is 0. The van der Waals surface area contributed by atoms with Gasteiger partial charge in [0, 0.05) is 16.2 Å². The van der Waals surface area contributed by atoms with Crippen LogP contribution >= 0.6 is 11.8 Å². The molecule has 0 atom stereocenters. The molecule has 1 aliphatic rings. The number of allylic oxidation sites excluding steroid dienone is 3. The van der Waals surface area contributed by atoms with Crippen LogP contribution in [0.4, 0.5) is 13.2 Å². The summed E-state index contributed by atoms with van der Waals surface area (Å²) in [5.74, 6) is -0.332. The molecular formula is C13H10F3NOS. The van der Waals surface area contributed by atoms with Gasteiger partial charge in [0.1, 0.15) is 0 Å². The molecule has 0 saturated carbocycles. The Morgan fingerprint density at radius 3 is 2.42 bits per heavy atom. The zero-order valence-electron chi connectivity index (χ0n) is 9.70. The molecule has 0 unspecified atom stereocenters. The van der Waals surface area contributed by atoms with Crippen LogP contribution in [0, 0.1) is 0 Å². The summed E-state index contributed by atoms with van der Waals surface area (Å²) in [6.07, 6.45) is 6.31. The minimum atomic E-state index is -4.32. The quantitative estimate of drug-likeness (QED) is 0.854. The maximum Gasteiger partial charge on any atom is 0.446 e. The molecule has 0 aliphatic heterocycles. The lowest BCUT2D eigenvalue weighted by Gasteiger charge is -2.07. The van der Waals surface area contributed by atoms with Crippen molar-refractivity contribution in [2.24, 2.45) is 0 Å². The fourth-order valence-electron chi connectivity index (χ4n) is 1.56. The fourth-order valence-corrected chi connectivity index (χ4v) is 2.10. The van der Waals surface area contributed by atoms with E-state index in [0.29, 0.717) is 11.3 Å². The smallest absolute Gasteiger partial charge is 0.322 e. The number of rotatable bonds is 3. The maximum atomic E-state index is 12.1. The predicted molar refractivity (Wildman–Crippen MR) is 67.7 cm³/mol. The Morgan fingerprint density at radius 1 is 1.21 bits per heavy atom. The van der Waals surface area contributed by atoms with Gasteiger partial charge in [-0.15, -0.1) is 0 Å². The van der Waals surface area contributed by atoms with Crippen LogP contribution in [0.15, 0.2) is 53.1 Å². The lowest BCUT2D eigenvalue weighted by molar-refractivity contribution is -0.0328. The maximum absolute atomic E-state index is 12.1. The van der Waals surface area contributed by atoms with Gasteiger partial charge in [-0.05, 0) is 48.5 Å². The van der Waals surface area contributed by atoms with E-state index in [9.17, 15) is 18.0 Å². The van der Waals surface area contributed by atoms with E-state index in [1.54, 1.807) is 6.08 Å². The molecule has 1 amide bonds. The van der Waals surface area contributed by atoms with Gasteiger partial charge in [-0.3, -0.25) is 4.79 Å². The van der Waals surface area contributed by atoms with E-state index in [2.05, 4.69) is 5.32 Å². The lowest BCUT2D eigenvalue weighted by Crippen LogP contribution is -2.21. The van der Waals surface area contributed by atoms with Crippen molar-refractivity contribution in [1.82, 2.24) is 5.32 Å². The average molecular weight is 285 g/mol. The van der Waals surface area contributed by atoms with E-state index >= 15 is 0 Å². The zero-order valence-corrected chi connectivity index (χ0v) is 10.5. The molecule has 100 valence electrons. The number of carbonyl (C=O) groups is 1. The number of benzene rings is 1. The molecule has 0 heterocycles. The molecule has 6 heteroatoms. The first-order valence-electron chi connectivity index (χ1n) is 5.48.